The van der Waals surface area contributed by atoms with Gasteiger partial charge in [-0.1, -0.05) is 6.08 Å². The van der Waals surface area contributed by atoms with Crippen molar-refractivity contribution >= 4 is 15.7 Å². The quantitative estimate of drug-likeness (QED) is 0.704. The monoisotopic (exact) mass is 406 g/mol. The number of anilines is 1. The number of nitrogens with one attached hydrogen (secondary N) is 2. The Morgan fingerprint density at radius 2 is 1.70 bits per heavy atom. The Balaban J connectivity index is 1.76. The summed E-state index contributed by atoms with van der Waals surface area (Å²) in [5.41, 5.74) is 0.652. The van der Waals surface area contributed by atoms with Crippen LogP contribution < -0.4 is 14.8 Å². The molecular weight excluding hydrogens is 381 g/mol. The topological polar surface area (TPSA) is 67.4 Å². The first-order valence-electron chi connectivity index (χ1n) is 8.85. The molecule has 1 aromatic carbocycles. The lowest BCUT2D eigenvalue weighted by atomic mass is 9.86. The zero-order valence-electron chi connectivity index (χ0n) is 15.3. The van der Waals surface area contributed by atoms with Gasteiger partial charge in [0.25, 0.3) is 0 Å². The highest BCUT2D eigenvalue weighted by molar-refractivity contribution is 7.90. The first kappa shape index (κ1) is 21.6. The Kier molecular flexibility index (Phi) is 7.16. The maximum atomic E-state index is 12.1. The predicted molar refractivity (Wildman–Crippen MR) is 98.8 cm³/mol. The zero-order chi connectivity index (χ0) is 20.1. The molecule has 1 aliphatic carbocycles. The second kappa shape index (κ2) is 8.97. The molecule has 0 bridgehead atoms. The van der Waals surface area contributed by atoms with Crippen molar-refractivity contribution in [3.05, 3.63) is 36.5 Å². The SMILES string of the molecule is CC(C)S(=O)(=O)NC1CCC(/C=C/Nc2ccc(OC(F)(F)F)cc2)CC1. The molecule has 1 fully saturated rings. The van der Waals surface area contributed by atoms with E-state index < -0.39 is 21.6 Å². The number of alkyl halides is 3. The molecular formula is C18H25F3N2O3S. The van der Waals surface area contributed by atoms with E-state index in [0.717, 1.165) is 25.7 Å². The Labute approximate surface area is 158 Å². The molecule has 2 N–H and O–H groups in total. The first-order chi connectivity index (χ1) is 12.5. The van der Waals surface area contributed by atoms with Crippen LogP contribution in [0.15, 0.2) is 36.5 Å². The van der Waals surface area contributed by atoms with Crippen LogP contribution in [-0.2, 0) is 10.0 Å². The van der Waals surface area contributed by atoms with E-state index >= 15 is 0 Å². The number of hydrogen-bond donors (Lipinski definition) is 2. The molecule has 152 valence electrons. The molecule has 0 atom stereocenters. The zero-order valence-corrected chi connectivity index (χ0v) is 16.1. The Hall–Kier alpha value is -1.74. The number of benzene rings is 1. The summed E-state index contributed by atoms with van der Waals surface area (Å²) in [6.45, 7) is 3.31. The van der Waals surface area contributed by atoms with Crippen LogP contribution in [0.4, 0.5) is 18.9 Å². The maximum absolute atomic E-state index is 12.1. The summed E-state index contributed by atoms with van der Waals surface area (Å²) in [7, 11) is -3.24. The van der Waals surface area contributed by atoms with Crippen molar-refractivity contribution in [3.63, 3.8) is 0 Å². The third kappa shape index (κ3) is 7.42. The van der Waals surface area contributed by atoms with Crippen LogP contribution >= 0.6 is 0 Å². The summed E-state index contributed by atoms with van der Waals surface area (Å²) in [6.07, 6.45) is 2.39. The van der Waals surface area contributed by atoms with E-state index in [9.17, 15) is 21.6 Å². The maximum Gasteiger partial charge on any atom is 0.573 e. The molecule has 0 heterocycles. The van der Waals surface area contributed by atoms with E-state index in [2.05, 4.69) is 14.8 Å². The Bertz CT molecular complexity index is 723. The van der Waals surface area contributed by atoms with Crippen LogP contribution in [0.3, 0.4) is 0 Å². The fourth-order valence-corrected chi connectivity index (χ4v) is 3.80. The van der Waals surface area contributed by atoms with Crippen molar-refractivity contribution < 1.29 is 26.3 Å². The van der Waals surface area contributed by atoms with Gasteiger partial charge in [-0.05, 0) is 75.9 Å². The summed E-state index contributed by atoms with van der Waals surface area (Å²) < 4.78 is 66.8. The van der Waals surface area contributed by atoms with Gasteiger partial charge in [-0.25, -0.2) is 13.1 Å². The summed E-state index contributed by atoms with van der Waals surface area (Å²) >= 11 is 0. The molecule has 0 unspecified atom stereocenters. The van der Waals surface area contributed by atoms with Gasteiger partial charge in [0.1, 0.15) is 5.75 Å². The molecule has 1 aliphatic rings. The molecule has 0 saturated heterocycles. The van der Waals surface area contributed by atoms with Crippen LogP contribution in [-0.4, -0.2) is 26.1 Å². The smallest absolute Gasteiger partial charge is 0.406 e. The Morgan fingerprint density at radius 1 is 1.11 bits per heavy atom. The molecule has 2 rings (SSSR count). The minimum absolute atomic E-state index is 0.0174. The van der Waals surface area contributed by atoms with Gasteiger partial charge < -0.3 is 10.1 Å². The molecule has 27 heavy (non-hydrogen) atoms. The molecule has 5 nitrogen and oxygen atoms in total. The summed E-state index contributed by atoms with van der Waals surface area (Å²) in [5, 5.41) is 2.58. The van der Waals surface area contributed by atoms with E-state index in [-0.39, 0.29) is 11.8 Å². The van der Waals surface area contributed by atoms with Gasteiger partial charge >= 0.3 is 6.36 Å². The fourth-order valence-electron chi connectivity index (χ4n) is 2.83. The number of halogens is 3. The van der Waals surface area contributed by atoms with Gasteiger partial charge in [-0.3, -0.25) is 0 Å². The molecule has 0 spiro atoms. The highest BCUT2D eigenvalue weighted by Crippen LogP contribution is 2.27. The number of hydrogen-bond acceptors (Lipinski definition) is 4. The van der Waals surface area contributed by atoms with Crippen LogP contribution in [0, 0.1) is 5.92 Å². The number of allylic oxidation sites excluding steroid dienone is 1. The van der Waals surface area contributed by atoms with Gasteiger partial charge in [0.2, 0.25) is 10.0 Å². The summed E-state index contributed by atoms with van der Waals surface area (Å²) in [5.74, 6) is 0.0735. The fraction of sp³-hybridized carbons (Fsp3) is 0.556. The highest BCUT2D eigenvalue weighted by Gasteiger charge is 2.31. The third-order valence-corrected chi connectivity index (χ3v) is 6.33. The van der Waals surface area contributed by atoms with Crippen LogP contribution in [0.25, 0.3) is 0 Å². The van der Waals surface area contributed by atoms with Gasteiger partial charge in [-0.15, -0.1) is 13.2 Å². The number of ether oxygens (including phenoxy) is 1. The highest BCUT2D eigenvalue weighted by atomic mass is 32.2. The van der Waals surface area contributed by atoms with E-state index in [1.54, 1.807) is 20.0 Å². The number of rotatable bonds is 7. The third-order valence-electron chi connectivity index (χ3n) is 4.43. The van der Waals surface area contributed by atoms with Gasteiger partial charge in [0.05, 0.1) is 5.25 Å². The average Bonchev–Trinajstić information content (AvgIpc) is 2.56. The van der Waals surface area contributed by atoms with Crippen molar-refractivity contribution in [2.75, 3.05) is 5.32 Å². The molecule has 0 aromatic heterocycles. The van der Waals surface area contributed by atoms with E-state index in [1.807, 2.05) is 6.08 Å². The molecule has 0 radical (unpaired) electrons. The van der Waals surface area contributed by atoms with Crippen molar-refractivity contribution in [1.29, 1.82) is 0 Å². The predicted octanol–water partition coefficient (Wildman–Crippen LogP) is 4.40. The van der Waals surface area contributed by atoms with Crippen LogP contribution in [0.2, 0.25) is 0 Å². The molecule has 0 amide bonds. The second-order valence-corrected chi connectivity index (χ2v) is 9.17. The van der Waals surface area contributed by atoms with Gasteiger partial charge in [-0.2, -0.15) is 0 Å². The Morgan fingerprint density at radius 3 is 2.22 bits per heavy atom. The van der Waals surface area contributed by atoms with Crippen molar-refractivity contribution in [1.82, 2.24) is 4.72 Å². The molecule has 1 saturated carbocycles. The number of sulfonamides is 1. The van der Waals surface area contributed by atoms with Gasteiger partial charge in [0.15, 0.2) is 0 Å². The minimum atomic E-state index is -4.70. The lowest BCUT2D eigenvalue weighted by molar-refractivity contribution is -0.274. The molecule has 9 heteroatoms. The summed E-state index contributed by atoms with van der Waals surface area (Å²) in [4.78, 5) is 0. The van der Waals surface area contributed by atoms with Crippen molar-refractivity contribution in [2.45, 2.75) is 57.2 Å². The first-order valence-corrected chi connectivity index (χ1v) is 10.4. The lowest BCUT2D eigenvalue weighted by Crippen LogP contribution is -2.40. The minimum Gasteiger partial charge on any atom is -0.406 e. The van der Waals surface area contributed by atoms with Crippen molar-refractivity contribution in [2.24, 2.45) is 5.92 Å². The lowest BCUT2D eigenvalue weighted by Gasteiger charge is -2.28. The normalized spacial score (nSPS) is 21.6. The second-order valence-electron chi connectivity index (χ2n) is 6.90. The van der Waals surface area contributed by atoms with Crippen molar-refractivity contribution in [3.8, 4) is 5.75 Å². The van der Waals surface area contributed by atoms with E-state index in [0.29, 0.717) is 11.6 Å². The average molecular weight is 406 g/mol. The standard InChI is InChI=1S/C18H25F3N2O3S/c1-13(2)27(24,25)23-16-5-3-14(4-6-16)11-12-22-15-7-9-17(10-8-15)26-18(19,20)21/h7-14,16,22-23H,3-6H2,1-2H3/b12-11+. The summed E-state index contributed by atoms with van der Waals surface area (Å²) in [6, 6.07) is 5.48. The van der Waals surface area contributed by atoms with E-state index in [4.69, 9.17) is 0 Å². The molecule has 1 aromatic rings. The van der Waals surface area contributed by atoms with Crippen LogP contribution in [0.5, 0.6) is 5.75 Å². The van der Waals surface area contributed by atoms with Gasteiger partial charge in [0, 0.05) is 11.7 Å². The van der Waals surface area contributed by atoms with Crippen LogP contribution in [0.1, 0.15) is 39.5 Å². The van der Waals surface area contributed by atoms with E-state index in [1.165, 1.54) is 24.3 Å². The molecule has 0 aliphatic heterocycles. The largest absolute Gasteiger partial charge is 0.573 e.